The lowest BCUT2D eigenvalue weighted by molar-refractivity contribution is 0.604. The summed E-state index contributed by atoms with van der Waals surface area (Å²) in [5.74, 6) is 0.114. The number of rotatable bonds is 4. The first-order valence-corrected chi connectivity index (χ1v) is 9.64. The van der Waals surface area contributed by atoms with E-state index in [0.29, 0.717) is 22.5 Å². The van der Waals surface area contributed by atoms with E-state index in [1.807, 2.05) is 0 Å². The Morgan fingerprint density at radius 1 is 1.23 bits per heavy atom. The molecule has 0 aliphatic heterocycles. The molecule has 31 heavy (non-hydrogen) atoms. The van der Waals surface area contributed by atoms with Gasteiger partial charge in [0, 0.05) is 6.20 Å². The third kappa shape index (κ3) is 3.17. The van der Waals surface area contributed by atoms with Crippen molar-refractivity contribution < 1.29 is 4.39 Å². The fourth-order valence-corrected chi connectivity index (χ4v) is 3.66. The quantitative estimate of drug-likeness (QED) is 0.443. The lowest BCUT2D eigenvalue weighted by Crippen LogP contribution is -2.28. The van der Waals surface area contributed by atoms with Crippen LogP contribution >= 0.6 is 11.6 Å². The van der Waals surface area contributed by atoms with Gasteiger partial charge in [0.25, 0.3) is 5.56 Å². The van der Waals surface area contributed by atoms with Crippen molar-refractivity contribution in [2.24, 2.45) is 0 Å². The molecule has 0 saturated heterocycles. The zero-order chi connectivity index (χ0) is 21.5. The van der Waals surface area contributed by atoms with Crippen molar-refractivity contribution in [1.82, 2.24) is 34.5 Å². The Hall–Kier alpha value is -3.92. The number of fused-ring (bicyclic) bond motifs is 2. The normalized spacial score (nSPS) is 12.4. The van der Waals surface area contributed by atoms with Gasteiger partial charge in [0.1, 0.15) is 29.2 Å². The molecule has 0 saturated carbocycles. The molecule has 2 N–H and O–H groups in total. The molecule has 0 amide bonds. The summed E-state index contributed by atoms with van der Waals surface area (Å²) in [6, 6.07) is 5.59. The molecule has 0 aliphatic carbocycles. The zero-order valence-electron chi connectivity index (χ0n) is 16.0. The van der Waals surface area contributed by atoms with Gasteiger partial charge in [-0.2, -0.15) is 0 Å². The Morgan fingerprint density at radius 3 is 2.94 bits per heavy atom. The molecule has 4 heterocycles. The van der Waals surface area contributed by atoms with Crippen LogP contribution in [0.15, 0.2) is 54.1 Å². The maximum absolute atomic E-state index is 14.7. The minimum atomic E-state index is -0.614. The molecule has 0 spiro atoms. The highest BCUT2D eigenvalue weighted by molar-refractivity contribution is 6.35. The summed E-state index contributed by atoms with van der Waals surface area (Å²) >= 11 is 6.27. The van der Waals surface area contributed by atoms with Gasteiger partial charge in [-0.3, -0.25) is 14.3 Å². The topological polar surface area (TPSA) is 114 Å². The van der Waals surface area contributed by atoms with Crippen molar-refractivity contribution >= 4 is 39.5 Å². The number of nitrogens with zero attached hydrogens (tertiary/aromatic N) is 6. The van der Waals surface area contributed by atoms with Gasteiger partial charge in [-0.25, -0.2) is 24.3 Å². The Bertz CT molecular complexity index is 1500. The SMILES string of the molecule is C[C@H](Nc1ncnc2nc[nH]c12)c1nc2cccc(Cl)c2c(=O)n1-c1cnccc1F. The summed E-state index contributed by atoms with van der Waals surface area (Å²) in [6.07, 6.45) is 5.46. The number of hydrogen-bond acceptors (Lipinski definition) is 7. The van der Waals surface area contributed by atoms with Crippen LogP contribution in [0, 0.1) is 5.82 Å². The second-order valence-electron chi connectivity index (χ2n) is 6.76. The molecule has 1 aromatic carbocycles. The average Bonchev–Trinajstić information content (AvgIpc) is 3.24. The van der Waals surface area contributed by atoms with E-state index in [2.05, 4.69) is 35.2 Å². The molecule has 0 bridgehead atoms. The van der Waals surface area contributed by atoms with Crippen molar-refractivity contribution in [3.8, 4) is 5.69 Å². The molecular formula is C20H14ClFN8O. The Kier molecular flexibility index (Phi) is 4.55. The van der Waals surface area contributed by atoms with Crippen LogP contribution in [0.5, 0.6) is 0 Å². The molecule has 1 atom stereocenters. The molecule has 0 aliphatic rings. The molecule has 5 rings (SSSR count). The van der Waals surface area contributed by atoms with Crippen LogP contribution in [0.3, 0.4) is 0 Å². The molecular weight excluding hydrogens is 423 g/mol. The lowest BCUT2D eigenvalue weighted by atomic mass is 10.2. The number of aromatic nitrogens is 7. The first kappa shape index (κ1) is 19.1. The Morgan fingerprint density at radius 2 is 2.10 bits per heavy atom. The summed E-state index contributed by atoms with van der Waals surface area (Å²) in [4.78, 5) is 37.4. The average molecular weight is 437 g/mol. The number of H-pyrrole nitrogens is 1. The predicted molar refractivity (Wildman–Crippen MR) is 114 cm³/mol. The van der Waals surface area contributed by atoms with Gasteiger partial charge >= 0.3 is 0 Å². The highest BCUT2D eigenvalue weighted by atomic mass is 35.5. The number of aromatic amines is 1. The standard InChI is InChI=1S/C20H14ClFN8O/c1-10(28-18-16-17(25-8-24-16)26-9-27-18)19-29-13-4-2-3-11(21)15(13)20(31)30(19)14-7-23-6-5-12(14)22/h2-10H,1H3,(H2,24,25,26,27,28)/t10-/m0/s1. The minimum Gasteiger partial charge on any atom is -0.358 e. The number of anilines is 1. The van der Waals surface area contributed by atoms with Crippen LogP contribution in [0.4, 0.5) is 10.2 Å². The van der Waals surface area contributed by atoms with Crippen molar-refractivity contribution in [3.05, 3.63) is 76.3 Å². The number of halogens is 2. The van der Waals surface area contributed by atoms with E-state index >= 15 is 0 Å². The Labute approximate surface area is 179 Å². The van der Waals surface area contributed by atoms with Crippen LogP contribution in [-0.4, -0.2) is 34.5 Å². The van der Waals surface area contributed by atoms with E-state index in [1.165, 1.54) is 35.7 Å². The minimum absolute atomic E-state index is 0.0279. The first-order chi connectivity index (χ1) is 15.0. The third-order valence-corrected chi connectivity index (χ3v) is 5.14. The summed E-state index contributed by atoms with van der Waals surface area (Å²) in [7, 11) is 0. The number of benzene rings is 1. The maximum Gasteiger partial charge on any atom is 0.267 e. The van der Waals surface area contributed by atoms with Crippen LogP contribution < -0.4 is 10.9 Å². The molecule has 0 radical (unpaired) electrons. The highest BCUT2D eigenvalue weighted by Crippen LogP contribution is 2.26. The van der Waals surface area contributed by atoms with Gasteiger partial charge in [-0.1, -0.05) is 17.7 Å². The van der Waals surface area contributed by atoms with Gasteiger partial charge in [0.15, 0.2) is 11.5 Å². The fourth-order valence-electron chi connectivity index (χ4n) is 3.41. The largest absolute Gasteiger partial charge is 0.358 e. The number of hydrogen-bond donors (Lipinski definition) is 2. The molecule has 154 valence electrons. The van der Waals surface area contributed by atoms with Gasteiger partial charge in [0.2, 0.25) is 0 Å². The van der Waals surface area contributed by atoms with Gasteiger partial charge in [0.05, 0.1) is 34.5 Å². The second-order valence-corrected chi connectivity index (χ2v) is 7.17. The van der Waals surface area contributed by atoms with Crippen molar-refractivity contribution in [2.45, 2.75) is 13.0 Å². The van der Waals surface area contributed by atoms with Gasteiger partial charge in [-0.05, 0) is 25.1 Å². The van der Waals surface area contributed by atoms with Gasteiger partial charge in [-0.15, -0.1) is 0 Å². The van der Waals surface area contributed by atoms with Crippen LogP contribution in [0.25, 0.3) is 27.8 Å². The zero-order valence-corrected chi connectivity index (χ0v) is 16.8. The number of imidazole rings is 1. The smallest absolute Gasteiger partial charge is 0.267 e. The van der Waals surface area contributed by atoms with E-state index in [9.17, 15) is 9.18 Å². The molecule has 4 aromatic heterocycles. The number of pyridine rings is 1. The summed E-state index contributed by atoms with van der Waals surface area (Å²) in [6.45, 7) is 1.78. The predicted octanol–water partition coefficient (Wildman–Crippen LogP) is 3.41. The molecule has 11 heteroatoms. The second kappa shape index (κ2) is 7.40. The maximum atomic E-state index is 14.7. The van der Waals surface area contributed by atoms with E-state index in [0.717, 1.165) is 0 Å². The first-order valence-electron chi connectivity index (χ1n) is 9.26. The third-order valence-electron chi connectivity index (χ3n) is 4.83. The highest BCUT2D eigenvalue weighted by Gasteiger charge is 2.22. The van der Waals surface area contributed by atoms with Crippen LogP contribution in [-0.2, 0) is 0 Å². The summed E-state index contributed by atoms with van der Waals surface area (Å²) in [5, 5.41) is 3.63. The molecule has 0 fully saturated rings. The van der Waals surface area contributed by atoms with Crippen molar-refractivity contribution in [1.29, 1.82) is 0 Å². The molecule has 5 aromatic rings. The molecule has 9 nitrogen and oxygen atoms in total. The van der Waals surface area contributed by atoms with Crippen LogP contribution in [0.2, 0.25) is 5.02 Å². The number of nitrogens with one attached hydrogen (secondary N) is 2. The summed E-state index contributed by atoms with van der Waals surface area (Å²) < 4.78 is 15.9. The van der Waals surface area contributed by atoms with Crippen molar-refractivity contribution in [2.75, 3.05) is 5.32 Å². The van der Waals surface area contributed by atoms with Crippen LogP contribution in [0.1, 0.15) is 18.8 Å². The lowest BCUT2D eigenvalue weighted by Gasteiger charge is -2.20. The van der Waals surface area contributed by atoms with Gasteiger partial charge < -0.3 is 10.3 Å². The van der Waals surface area contributed by atoms with E-state index in [4.69, 9.17) is 11.6 Å². The van der Waals surface area contributed by atoms with E-state index < -0.39 is 17.4 Å². The van der Waals surface area contributed by atoms with E-state index in [1.54, 1.807) is 25.1 Å². The monoisotopic (exact) mass is 436 g/mol. The fraction of sp³-hybridized carbons (Fsp3) is 0.100. The van der Waals surface area contributed by atoms with E-state index in [-0.39, 0.29) is 21.9 Å². The summed E-state index contributed by atoms with van der Waals surface area (Å²) in [5.41, 5.74) is 0.953. The molecule has 0 unspecified atom stereocenters. The van der Waals surface area contributed by atoms with Crippen molar-refractivity contribution in [3.63, 3.8) is 0 Å². The Balaban J connectivity index is 1.74.